The van der Waals surface area contributed by atoms with E-state index in [0.717, 1.165) is 0 Å². The van der Waals surface area contributed by atoms with Crippen LogP contribution in [0.3, 0.4) is 0 Å². The standard InChI is InChI=1S/C12H9Cl2N3O/c13-7-1-4-11(16-6-7)17-12(18)9-3-2-8(15)5-10(9)14/h1-6H,15H2,(H,16,17,18). The maximum atomic E-state index is 11.9. The lowest BCUT2D eigenvalue weighted by Crippen LogP contribution is -2.13. The molecule has 2 rings (SSSR count). The van der Waals surface area contributed by atoms with E-state index in [-0.39, 0.29) is 5.91 Å². The van der Waals surface area contributed by atoms with Crippen molar-refractivity contribution in [1.82, 2.24) is 4.98 Å². The van der Waals surface area contributed by atoms with Gasteiger partial charge in [-0.15, -0.1) is 0 Å². The summed E-state index contributed by atoms with van der Waals surface area (Å²) in [6, 6.07) is 7.92. The first-order valence-corrected chi connectivity index (χ1v) is 5.80. The van der Waals surface area contributed by atoms with Crippen LogP contribution in [0.5, 0.6) is 0 Å². The molecule has 2 aromatic rings. The quantitative estimate of drug-likeness (QED) is 0.831. The number of nitrogens with two attached hydrogens (primary N) is 1. The second-order valence-corrected chi connectivity index (χ2v) is 4.40. The third-order valence-electron chi connectivity index (χ3n) is 2.21. The number of amides is 1. The SMILES string of the molecule is Nc1ccc(C(=O)Nc2ccc(Cl)cn2)c(Cl)c1. The summed E-state index contributed by atoms with van der Waals surface area (Å²) in [5, 5.41) is 3.40. The Labute approximate surface area is 114 Å². The van der Waals surface area contributed by atoms with Gasteiger partial charge in [-0.1, -0.05) is 23.2 Å². The molecule has 1 amide bonds. The van der Waals surface area contributed by atoms with E-state index in [2.05, 4.69) is 10.3 Å². The molecule has 0 aliphatic heterocycles. The number of carbonyl (C=O) groups excluding carboxylic acids is 1. The molecular formula is C12H9Cl2N3O. The van der Waals surface area contributed by atoms with Gasteiger partial charge in [-0.2, -0.15) is 0 Å². The minimum absolute atomic E-state index is 0.293. The van der Waals surface area contributed by atoms with E-state index >= 15 is 0 Å². The maximum Gasteiger partial charge on any atom is 0.258 e. The van der Waals surface area contributed by atoms with Crippen molar-refractivity contribution in [3.63, 3.8) is 0 Å². The molecule has 1 heterocycles. The highest BCUT2D eigenvalue weighted by Gasteiger charge is 2.11. The number of nitrogens with one attached hydrogen (secondary N) is 1. The summed E-state index contributed by atoms with van der Waals surface area (Å²) in [5.41, 5.74) is 6.39. The monoisotopic (exact) mass is 281 g/mol. The van der Waals surface area contributed by atoms with Crippen LogP contribution in [-0.4, -0.2) is 10.9 Å². The van der Waals surface area contributed by atoms with E-state index in [4.69, 9.17) is 28.9 Å². The fraction of sp³-hybridized carbons (Fsp3) is 0. The van der Waals surface area contributed by atoms with E-state index in [1.165, 1.54) is 12.3 Å². The van der Waals surface area contributed by atoms with Gasteiger partial charge in [0.05, 0.1) is 15.6 Å². The average Bonchev–Trinajstić information content (AvgIpc) is 2.32. The predicted molar refractivity (Wildman–Crippen MR) is 73.1 cm³/mol. The Bertz CT molecular complexity index is 584. The third kappa shape index (κ3) is 2.91. The number of rotatable bonds is 2. The van der Waals surface area contributed by atoms with Gasteiger partial charge in [0.25, 0.3) is 5.91 Å². The van der Waals surface area contributed by atoms with Crippen LogP contribution in [0.2, 0.25) is 10.0 Å². The minimum Gasteiger partial charge on any atom is -0.399 e. The summed E-state index contributed by atoms with van der Waals surface area (Å²) in [7, 11) is 0. The largest absolute Gasteiger partial charge is 0.399 e. The summed E-state index contributed by atoms with van der Waals surface area (Å²) >= 11 is 11.6. The Hall–Kier alpha value is -1.78. The van der Waals surface area contributed by atoms with Crippen LogP contribution in [0, 0.1) is 0 Å². The van der Waals surface area contributed by atoms with Crippen LogP contribution in [0.1, 0.15) is 10.4 Å². The Morgan fingerprint density at radius 3 is 2.61 bits per heavy atom. The van der Waals surface area contributed by atoms with Crippen LogP contribution >= 0.6 is 23.2 Å². The van der Waals surface area contributed by atoms with Crippen LogP contribution < -0.4 is 11.1 Å². The van der Waals surface area contributed by atoms with Crippen molar-refractivity contribution in [1.29, 1.82) is 0 Å². The Morgan fingerprint density at radius 1 is 1.22 bits per heavy atom. The van der Waals surface area contributed by atoms with Gasteiger partial charge in [0, 0.05) is 11.9 Å². The molecule has 0 atom stereocenters. The van der Waals surface area contributed by atoms with Crippen LogP contribution in [-0.2, 0) is 0 Å². The van der Waals surface area contributed by atoms with Crippen molar-refractivity contribution in [2.75, 3.05) is 11.1 Å². The molecule has 0 saturated carbocycles. The first kappa shape index (κ1) is 12.7. The fourth-order valence-corrected chi connectivity index (χ4v) is 1.74. The van der Waals surface area contributed by atoms with Crippen LogP contribution in [0.4, 0.5) is 11.5 Å². The third-order valence-corrected chi connectivity index (χ3v) is 2.74. The van der Waals surface area contributed by atoms with E-state index < -0.39 is 0 Å². The first-order valence-electron chi connectivity index (χ1n) is 5.04. The molecule has 0 radical (unpaired) electrons. The molecule has 1 aromatic heterocycles. The van der Waals surface area contributed by atoms with Gasteiger partial charge in [0.15, 0.2) is 0 Å². The highest BCUT2D eigenvalue weighted by atomic mass is 35.5. The number of hydrogen-bond acceptors (Lipinski definition) is 3. The van der Waals surface area contributed by atoms with E-state index in [1.807, 2.05) is 0 Å². The number of halogens is 2. The molecule has 4 nitrogen and oxygen atoms in total. The zero-order chi connectivity index (χ0) is 13.1. The fourth-order valence-electron chi connectivity index (χ4n) is 1.35. The average molecular weight is 282 g/mol. The van der Waals surface area contributed by atoms with Crippen LogP contribution in [0.15, 0.2) is 36.5 Å². The summed E-state index contributed by atoms with van der Waals surface area (Å²) in [4.78, 5) is 15.9. The second-order valence-electron chi connectivity index (χ2n) is 3.56. The number of anilines is 2. The van der Waals surface area contributed by atoms with Gasteiger partial charge < -0.3 is 11.1 Å². The topological polar surface area (TPSA) is 68.0 Å². The lowest BCUT2D eigenvalue weighted by molar-refractivity contribution is 0.102. The van der Waals surface area contributed by atoms with Crippen molar-refractivity contribution < 1.29 is 4.79 Å². The normalized spacial score (nSPS) is 10.1. The minimum atomic E-state index is -0.352. The van der Waals surface area contributed by atoms with Gasteiger partial charge in [-0.3, -0.25) is 4.79 Å². The van der Waals surface area contributed by atoms with Crippen molar-refractivity contribution in [3.05, 3.63) is 52.1 Å². The smallest absolute Gasteiger partial charge is 0.258 e. The maximum absolute atomic E-state index is 11.9. The van der Waals surface area contributed by atoms with Gasteiger partial charge in [-0.05, 0) is 30.3 Å². The van der Waals surface area contributed by atoms with Gasteiger partial charge in [0.1, 0.15) is 5.82 Å². The second kappa shape index (κ2) is 5.25. The molecule has 1 aromatic carbocycles. The summed E-state index contributed by atoms with van der Waals surface area (Å²) in [5.74, 6) is 0.0483. The Morgan fingerprint density at radius 2 is 2.00 bits per heavy atom. The van der Waals surface area contributed by atoms with Crippen molar-refractivity contribution in [2.45, 2.75) is 0 Å². The van der Waals surface area contributed by atoms with Gasteiger partial charge in [-0.25, -0.2) is 4.98 Å². The number of nitrogen functional groups attached to an aromatic ring is 1. The van der Waals surface area contributed by atoms with Crippen molar-refractivity contribution >= 4 is 40.6 Å². The zero-order valence-electron chi connectivity index (χ0n) is 9.15. The van der Waals surface area contributed by atoms with E-state index in [0.29, 0.717) is 27.1 Å². The lowest BCUT2D eigenvalue weighted by atomic mass is 10.2. The molecule has 0 bridgehead atoms. The highest BCUT2D eigenvalue weighted by Crippen LogP contribution is 2.20. The van der Waals surface area contributed by atoms with Gasteiger partial charge in [0.2, 0.25) is 0 Å². The Kier molecular flexibility index (Phi) is 3.69. The number of pyridine rings is 1. The zero-order valence-corrected chi connectivity index (χ0v) is 10.7. The molecule has 6 heteroatoms. The molecule has 0 fully saturated rings. The summed E-state index contributed by atoms with van der Waals surface area (Å²) in [6.45, 7) is 0. The van der Waals surface area contributed by atoms with Crippen molar-refractivity contribution in [2.24, 2.45) is 0 Å². The number of aromatic nitrogens is 1. The molecule has 0 unspecified atom stereocenters. The summed E-state index contributed by atoms with van der Waals surface area (Å²) < 4.78 is 0. The molecule has 0 spiro atoms. The highest BCUT2D eigenvalue weighted by molar-refractivity contribution is 6.34. The predicted octanol–water partition coefficient (Wildman–Crippen LogP) is 3.22. The Balaban J connectivity index is 2.19. The number of hydrogen-bond donors (Lipinski definition) is 2. The molecule has 3 N–H and O–H groups in total. The number of carbonyl (C=O) groups is 1. The molecule has 0 aliphatic rings. The number of nitrogens with zero attached hydrogens (tertiary/aromatic N) is 1. The van der Waals surface area contributed by atoms with Crippen molar-refractivity contribution in [3.8, 4) is 0 Å². The van der Waals surface area contributed by atoms with E-state index in [9.17, 15) is 4.79 Å². The van der Waals surface area contributed by atoms with E-state index in [1.54, 1.807) is 24.3 Å². The van der Waals surface area contributed by atoms with Crippen LogP contribution in [0.25, 0.3) is 0 Å². The lowest BCUT2D eigenvalue weighted by Gasteiger charge is -2.06. The molecule has 0 saturated heterocycles. The first-order chi connectivity index (χ1) is 8.56. The molecule has 18 heavy (non-hydrogen) atoms. The van der Waals surface area contributed by atoms with Gasteiger partial charge >= 0.3 is 0 Å². The summed E-state index contributed by atoms with van der Waals surface area (Å²) in [6.07, 6.45) is 1.45. The molecular weight excluding hydrogens is 273 g/mol. The molecule has 92 valence electrons. The molecule has 0 aliphatic carbocycles. The number of benzene rings is 1.